The number of hydrogen-bond acceptors (Lipinski definition) is 5. The summed E-state index contributed by atoms with van der Waals surface area (Å²) in [6.07, 6.45) is 0.249. The van der Waals surface area contributed by atoms with Crippen LogP contribution in [0.1, 0.15) is 17.3 Å². The average Bonchev–Trinajstić information content (AvgIpc) is 2.52. The van der Waals surface area contributed by atoms with Gasteiger partial charge in [-0.1, -0.05) is 34.8 Å². The number of nitrogens with one attached hydrogen (secondary N) is 1. The number of nitrogen functional groups attached to an aromatic ring is 1. The van der Waals surface area contributed by atoms with Gasteiger partial charge in [0, 0.05) is 6.20 Å². The first-order valence-corrected chi connectivity index (χ1v) is 7.79. The summed E-state index contributed by atoms with van der Waals surface area (Å²) < 4.78 is 5.08. The molecule has 2 rings (SSSR count). The van der Waals surface area contributed by atoms with Crippen LogP contribution in [0.15, 0.2) is 30.5 Å². The molecule has 0 radical (unpaired) electrons. The molecule has 0 aliphatic heterocycles. The van der Waals surface area contributed by atoms with Gasteiger partial charge in [0.1, 0.15) is 0 Å². The normalized spacial score (nSPS) is 11.7. The second-order valence-corrected chi connectivity index (χ2v) is 6.01. The fourth-order valence-electron chi connectivity index (χ4n) is 1.68. The minimum absolute atomic E-state index is 0.115. The van der Waals surface area contributed by atoms with E-state index in [2.05, 4.69) is 10.3 Å². The highest BCUT2D eigenvalue weighted by Crippen LogP contribution is 2.23. The van der Waals surface area contributed by atoms with Crippen molar-refractivity contribution in [3.05, 3.63) is 51.1 Å². The highest BCUT2D eigenvalue weighted by Gasteiger charge is 2.20. The van der Waals surface area contributed by atoms with Gasteiger partial charge in [-0.25, -0.2) is 9.78 Å². The molecule has 6 nitrogen and oxygen atoms in total. The standard InChI is InChI=1S/C15H12Cl3N3O3/c1-7(14(22)21-13-11(18)5-9(16)6-20-13)24-15(23)8-2-3-10(17)12(19)4-8/h2-7H,19H2,1H3,(H,20,21,22)/t7-/m0/s1. The van der Waals surface area contributed by atoms with Crippen LogP contribution in [0.2, 0.25) is 15.1 Å². The van der Waals surface area contributed by atoms with Crippen molar-refractivity contribution in [3.63, 3.8) is 0 Å². The topological polar surface area (TPSA) is 94.3 Å². The number of halogens is 3. The summed E-state index contributed by atoms with van der Waals surface area (Å²) in [5, 5.41) is 3.27. The number of aromatic nitrogens is 1. The lowest BCUT2D eigenvalue weighted by Crippen LogP contribution is -2.30. The average molecular weight is 389 g/mol. The molecule has 1 atom stereocenters. The van der Waals surface area contributed by atoms with Gasteiger partial charge in [-0.2, -0.15) is 0 Å². The number of carbonyl (C=O) groups excluding carboxylic acids is 2. The molecule has 126 valence electrons. The fraction of sp³-hybridized carbons (Fsp3) is 0.133. The lowest BCUT2D eigenvalue weighted by Gasteiger charge is -2.14. The van der Waals surface area contributed by atoms with Crippen LogP contribution < -0.4 is 11.1 Å². The molecule has 0 saturated heterocycles. The Kier molecular flexibility index (Phi) is 5.88. The monoisotopic (exact) mass is 387 g/mol. The van der Waals surface area contributed by atoms with Crippen LogP contribution in [0.25, 0.3) is 0 Å². The van der Waals surface area contributed by atoms with Gasteiger partial charge in [-0.05, 0) is 31.2 Å². The second-order valence-electron chi connectivity index (χ2n) is 4.76. The third-order valence-electron chi connectivity index (χ3n) is 2.93. The van der Waals surface area contributed by atoms with E-state index in [-0.39, 0.29) is 22.1 Å². The Morgan fingerprint density at radius 1 is 1.21 bits per heavy atom. The fourth-order valence-corrected chi connectivity index (χ4v) is 2.22. The van der Waals surface area contributed by atoms with Gasteiger partial charge in [-0.15, -0.1) is 0 Å². The van der Waals surface area contributed by atoms with Crippen molar-refractivity contribution in [3.8, 4) is 0 Å². The number of ether oxygens (including phenoxy) is 1. The molecule has 1 aromatic heterocycles. The van der Waals surface area contributed by atoms with Gasteiger partial charge >= 0.3 is 5.97 Å². The van der Waals surface area contributed by atoms with Crippen LogP contribution >= 0.6 is 34.8 Å². The first-order valence-electron chi connectivity index (χ1n) is 6.66. The number of esters is 1. The summed E-state index contributed by atoms with van der Waals surface area (Å²) in [5.41, 5.74) is 6.04. The first kappa shape index (κ1) is 18.3. The van der Waals surface area contributed by atoms with Crippen molar-refractivity contribution in [1.29, 1.82) is 0 Å². The predicted octanol–water partition coefficient (Wildman–Crippen LogP) is 3.81. The summed E-state index contributed by atoms with van der Waals surface area (Å²) in [6, 6.07) is 5.71. The summed E-state index contributed by atoms with van der Waals surface area (Å²) in [7, 11) is 0. The van der Waals surface area contributed by atoms with E-state index in [1.807, 2.05) is 0 Å². The molecule has 1 heterocycles. The molecule has 0 spiro atoms. The zero-order valence-electron chi connectivity index (χ0n) is 12.3. The Bertz CT molecular complexity index is 799. The van der Waals surface area contributed by atoms with E-state index < -0.39 is 18.0 Å². The number of amides is 1. The molecule has 0 unspecified atom stereocenters. The van der Waals surface area contributed by atoms with Crippen molar-refractivity contribution < 1.29 is 14.3 Å². The number of pyridine rings is 1. The van der Waals surface area contributed by atoms with E-state index in [0.717, 1.165) is 0 Å². The van der Waals surface area contributed by atoms with Crippen LogP contribution in [0, 0.1) is 0 Å². The Morgan fingerprint density at radius 3 is 2.54 bits per heavy atom. The molecule has 0 aliphatic carbocycles. The Hall–Kier alpha value is -2.02. The number of nitrogens with zero attached hydrogens (tertiary/aromatic N) is 1. The van der Waals surface area contributed by atoms with E-state index >= 15 is 0 Å². The summed E-state index contributed by atoms with van der Waals surface area (Å²) in [6.45, 7) is 1.41. The first-order chi connectivity index (χ1) is 11.3. The zero-order chi connectivity index (χ0) is 17.9. The highest BCUT2D eigenvalue weighted by molar-refractivity contribution is 6.36. The second kappa shape index (κ2) is 7.70. The van der Waals surface area contributed by atoms with Crippen molar-refractivity contribution >= 4 is 58.2 Å². The molecule has 0 saturated carbocycles. The molecular formula is C15H12Cl3N3O3. The lowest BCUT2D eigenvalue weighted by molar-refractivity contribution is -0.123. The van der Waals surface area contributed by atoms with Gasteiger partial charge in [0.05, 0.1) is 26.3 Å². The van der Waals surface area contributed by atoms with E-state index in [4.69, 9.17) is 45.3 Å². The molecule has 9 heteroatoms. The van der Waals surface area contributed by atoms with Crippen molar-refractivity contribution in [2.24, 2.45) is 0 Å². The van der Waals surface area contributed by atoms with Gasteiger partial charge < -0.3 is 15.8 Å². The summed E-state index contributed by atoms with van der Waals surface area (Å²) >= 11 is 17.4. The summed E-state index contributed by atoms with van der Waals surface area (Å²) in [5.74, 6) is -1.19. The largest absolute Gasteiger partial charge is 0.449 e. The molecule has 2 aromatic rings. The van der Waals surface area contributed by atoms with Crippen LogP contribution in [-0.4, -0.2) is 23.0 Å². The minimum atomic E-state index is -1.08. The molecule has 24 heavy (non-hydrogen) atoms. The Labute approximate surface area is 152 Å². The molecular weight excluding hydrogens is 377 g/mol. The van der Waals surface area contributed by atoms with Crippen molar-refractivity contribution in [1.82, 2.24) is 4.98 Å². The molecule has 3 N–H and O–H groups in total. The van der Waals surface area contributed by atoms with E-state index in [1.54, 1.807) is 0 Å². The molecule has 1 amide bonds. The van der Waals surface area contributed by atoms with Gasteiger partial charge in [-0.3, -0.25) is 4.79 Å². The third kappa shape index (κ3) is 4.50. The van der Waals surface area contributed by atoms with Crippen LogP contribution in [-0.2, 0) is 9.53 Å². The smallest absolute Gasteiger partial charge is 0.338 e. The summed E-state index contributed by atoms with van der Waals surface area (Å²) in [4.78, 5) is 28.0. The number of nitrogens with two attached hydrogens (primary N) is 1. The van der Waals surface area contributed by atoms with Gasteiger partial charge in [0.15, 0.2) is 11.9 Å². The van der Waals surface area contributed by atoms with Gasteiger partial charge in [0.25, 0.3) is 5.91 Å². The molecule has 0 fully saturated rings. The number of rotatable bonds is 4. The van der Waals surface area contributed by atoms with Crippen LogP contribution in [0.5, 0.6) is 0 Å². The number of hydrogen-bond donors (Lipinski definition) is 2. The highest BCUT2D eigenvalue weighted by atomic mass is 35.5. The van der Waals surface area contributed by atoms with Gasteiger partial charge in [0.2, 0.25) is 0 Å². The number of benzene rings is 1. The van der Waals surface area contributed by atoms with E-state index in [0.29, 0.717) is 10.0 Å². The van der Waals surface area contributed by atoms with Crippen molar-refractivity contribution in [2.45, 2.75) is 13.0 Å². The van der Waals surface area contributed by atoms with Crippen LogP contribution in [0.3, 0.4) is 0 Å². The molecule has 0 bridgehead atoms. The molecule has 1 aromatic carbocycles. The maximum absolute atomic E-state index is 12.1. The minimum Gasteiger partial charge on any atom is -0.449 e. The van der Waals surface area contributed by atoms with Crippen LogP contribution in [0.4, 0.5) is 11.5 Å². The Balaban J connectivity index is 2.02. The van der Waals surface area contributed by atoms with E-state index in [9.17, 15) is 9.59 Å². The predicted molar refractivity (Wildman–Crippen MR) is 93.6 cm³/mol. The number of anilines is 2. The Morgan fingerprint density at radius 2 is 1.92 bits per heavy atom. The number of carbonyl (C=O) groups is 2. The lowest BCUT2D eigenvalue weighted by atomic mass is 10.2. The molecule has 0 aliphatic rings. The maximum Gasteiger partial charge on any atom is 0.338 e. The zero-order valence-corrected chi connectivity index (χ0v) is 14.6. The maximum atomic E-state index is 12.1. The van der Waals surface area contributed by atoms with Crippen molar-refractivity contribution in [2.75, 3.05) is 11.1 Å². The SMILES string of the molecule is C[C@H](OC(=O)c1ccc(Cl)c(N)c1)C(=O)Nc1ncc(Cl)cc1Cl. The quantitative estimate of drug-likeness (QED) is 0.613. The third-order valence-corrected chi connectivity index (χ3v) is 3.77. The van der Waals surface area contributed by atoms with E-state index in [1.165, 1.54) is 37.4 Å².